The van der Waals surface area contributed by atoms with E-state index in [1.54, 1.807) is 18.5 Å². The van der Waals surface area contributed by atoms with E-state index in [2.05, 4.69) is 20.2 Å². The maximum absolute atomic E-state index is 5.99. The number of rotatable bonds is 3. The highest BCUT2D eigenvalue weighted by Gasteiger charge is 2.04. The van der Waals surface area contributed by atoms with Crippen molar-refractivity contribution in [2.24, 2.45) is 0 Å². The van der Waals surface area contributed by atoms with E-state index in [0.29, 0.717) is 15.9 Å². The van der Waals surface area contributed by atoms with Gasteiger partial charge in [0.15, 0.2) is 0 Å². The molecule has 0 unspecified atom stereocenters. The van der Waals surface area contributed by atoms with E-state index in [4.69, 9.17) is 11.6 Å². The fourth-order valence-corrected chi connectivity index (χ4v) is 2.16. The maximum Gasteiger partial charge on any atom is 0.209 e. The van der Waals surface area contributed by atoms with Crippen LogP contribution in [0.25, 0.3) is 0 Å². The number of halogens is 1. The third-order valence-corrected chi connectivity index (χ3v) is 3.03. The van der Waals surface area contributed by atoms with Crippen LogP contribution in [0.15, 0.2) is 29.7 Å². The van der Waals surface area contributed by atoms with E-state index in [9.17, 15) is 0 Å². The predicted molar refractivity (Wildman–Crippen MR) is 63.4 cm³/mol. The lowest BCUT2D eigenvalue weighted by atomic mass is 10.4. The second kappa shape index (κ2) is 5.23. The third-order valence-electron chi connectivity index (χ3n) is 1.83. The molecule has 0 aliphatic rings. The topological polar surface area (TPSA) is 51.6 Å². The van der Waals surface area contributed by atoms with Gasteiger partial charge in [-0.1, -0.05) is 23.4 Å². The average molecular weight is 253 g/mol. The molecule has 0 atom stereocenters. The molecule has 0 bridgehead atoms. The Morgan fingerprint density at radius 2 is 2.31 bits per heavy atom. The molecule has 2 aromatic heterocycles. The third kappa shape index (κ3) is 2.90. The van der Waals surface area contributed by atoms with Gasteiger partial charge in [0.2, 0.25) is 5.16 Å². The van der Waals surface area contributed by atoms with Gasteiger partial charge in [0.25, 0.3) is 0 Å². The van der Waals surface area contributed by atoms with Crippen molar-refractivity contribution >= 4 is 23.4 Å². The molecular formula is C10H9ClN4S. The standard InChI is InChI=1S/C10H9ClN4S/c1-7-5-13-15-10(14-7)16-6-9-8(11)3-2-4-12-9/h2-5H,6H2,1H3. The summed E-state index contributed by atoms with van der Waals surface area (Å²) in [6.45, 7) is 1.88. The van der Waals surface area contributed by atoms with E-state index in [1.807, 2.05) is 13.0 Å². The highest BCUT2D eigenvalue weighted by molar-refractivity contribution is 7.98. The second-order valence-electron chi connectivity index (χ2n) is 3.10. The molecule has 0 saturated carbocycles. The molecule has 2 heterocycles. The van der Waals surface area contributed by atoms with E-state index < -0.39 is 0 Å². The van der Waals surface area contributed by atoms with Crippen LogP contribution < -0.4 is 0 Å². The first-order valence-electron chi connectivity index (χ1n) is 4.64. The lowest BCUT2D eigenvalue weighted by molar-refractivity contribution is 0.815. The molecule has 0 fully saturated rings. The summed E-state index contributed by atoms with van der Waals surface area (Å²) in [7, 11) is 0. The summed E-state index contributed by atoms with van der Waals surface area (Å²) in [5.41, 5.74) is 1.68. The van der Waals surface area contributed by atoms with Gasteiger partial charge in [-0.2, -0.15) is 5.10 Å². The Kier molecular flexibility index (Phi) is 3.69. The fraction of sp³-hybridized carbons (Fsp3) is 0.200. The van der Waals surface area contributed by atoms with E-state index in [1.165, 1.54) is 11.8 Å². The van der Waals surface area contributed by atoms with Gasteiger partial charge in [0.1, 0.15) is 0 Å². The van der Waals surface area contributed by atoms with Crippen molar-refractivity contribution in [3.63, 3.8) is 0 Å². The van der Waals surface area contributed by atoms with E-state index >= 15 is 0 Å². The van der Waals surface area contributed by atoms with Gasteiger partial charge in [0, 0.05) is 11.9 Å². The zero-order valence-corrected chi connectivity index (χ0v) is 10.2. The summed E-state index contributed by atoms with van der Waals surface area (Å²) in [6, 6.07) is 3.63. The monoisotopic (exact) mass is 252 g/mol. The van der Waals surface area contributed by atoms with Crippen LogP contribution in [0.4, 0.5) is 0 Å². The smallest absolute Gasteiger partial charge is 0.209 e. The zero-order chi connectivity index (χ0) is 11.4. The second-order valence-corrected chi connectivity index (χ2v) is 4.45. The Morgan fingerprint density at radius 1 is 1.44 bits per heavy atom. The largest absolute Gasteiger partial charge is 0.259 e. The van der Waals surface area contributed by atoms with Crippen LogP contribution in [0.3, 0.4) is 0 Å². The zero-order valence-electron chi connectivity index (χ0n) is 8.59. The molecule has 82 valence electrons. The minimum absolute atomic E-state index is 0.640. The maximum atomic E-state index is 5.99. The summed E-state index contributed by atoms with van der Waals surface area (Å²) in [4.78, 5) is 8.42. The van der Waals surface area contributed by atoms with Crippen molar-refractivity contribution < 1.29 is 0 Å². The van der Waals surface area contributed by atoms with Gasteiger partial charge >= 0.3 is 0 Å². The normalized spacial score (nSPS) is 10.4. The van der Waals surface area contributed by atoms with Crippen LogP contribution in [-0.2, 0) is 5.75 Å². The van der Waals surface area contributed by atoms with E-state index in [0.717, 1.165) is 11.4 Å². The van der Waals surface area contributed by atoms with Crippen LogP contribution in [0, 0.1) is 6.92 Å². The molecule has 4 nitrogen and oxygen atoms in total. The van der Waals surface area contributed by atoms with Gasteiger partial charge in [-0.15, -0.1) is 5.10 Å². The molecule has 0 amide bonds. The van der Waals surface area contributed by atoms with Gasteiger partial charge in [0.05, 0.1) is 22.6 Å². The van der Waals surface area contributed by atoms with Crippen LogP contribution in [0.1, 0.15) is 11.4 Å². The van der Waals surface area contributed by atoms with Crippen LogP contribution in [0.2, 0.25) is 5.02 Å². The Labute approximate surface area is 102 Å². The van der Waals surface area contributed by atoms with Gasteiger partial charge < -0.3 is 0 Å². The quantitative estimate of drug-likeness (QED) is 0.786. The van der Waals surface area contributed by atoms with Crippen molar-refractivity contribution in [3.8, 4) is 0 Å². The highest BCUT2D eigenvalue weighted by Crippen LogP contribution is 2.22. The lowest BCUT2D eigenvalue weighted by Crippen LogP contribution is -1.94. The first-order valence-corrected chi connectivity index (χ1v) is 6.00. The molecule has 2 aromatic rings. The average Bonchev–Trinajstić information content (AvgIpc) is 2.28. The number of nitrogens with zero attached hydrogens (tertiary/aromatic N) is 4. The number of hydrogen-bond acceptors (Lipinski definition) is 5. The lowest BCUT2D eigenvalue weighted by Gasteiger charge is -2.01. The predicted octanol–water partition coefficient (Wildman–Crippen LogP) is 2.52. The number of hydrogen-bond donors (Lipinski definition) is 0. The Balaban J connectivity index is 2.05. The SMILES string of the molecule is Cc1cnnc(SCc2ncccc2Cl)n1. The molecule has 6 heteroatoms. The van der Waals surface area contributed by atoms with Gasteiger partial charge in [-0.05, 0) is 19.1 Å². The Hall–Kier alpha value is -1.20. The van der Waals surface area contributed by atoms with Crippen LogP contribution >= 0.6 is 23.4 Å². The summed E-state index contributed by atoms with van der Waals surface area (Å²) in [5.74, 6) is 0.644. The van der Waals surface area contributed by atoms with Crippen molar-refractivity contribution in [2.45, 2.75) is 17.8 Å². The molecule has 0 radical (unpaired) electrons. The number of aromatic nitrogens is 4. The number of thioether (sulfide) groups is 1. The van der Waals surface area contributed by atoms with Crippen LogP contribution in [-0.4, -0.2) is 20.2 Å². The molecule has 0 N–H and O–H groups in total. The fourth-order valence-electron chi connectivity index (χ4n) is 1.08. The van der Waals surface area contributed by atoms with Crippen molar-refractivity contribution in [1.29, 1.82) is 0 Å². The molecule has 16 heavy (non-hydrogen) atoms. The Morgan fingerprint density at radius 3 is 3.06 bits per heavy atom. The highest BCUT2D eigenvalue weighted by atomic mass is 35.5. The molecular weight excluding hydrogens is 244 g/mol. The summed E-state index contributed by atoms with van der Waals surface area (Å²) < 4.78 is 0. The number of aryl methyl sites for hydroxylation is 1. The molecule has 0 aliphatic carbocycles. The summed E-state index contributed by atoms with van der Waals surface area (Å²) in [6.07, 6.45) is 3.34. The van der Waals surface area contributed by atoms with Crippen LogP contribution in [0.5, 0.6) is 0 Å². The molecule has 0 spiro atoms. The first kappa shape index (κ1) is 11.3. The summed E-state index contributed by atoms with van der Waals surface area (Å²) >= 11 is 7.46. The van der Waals surface area contributed by atoms with E-state index in [-0.39, 0.29) is 0 Å². The van der Waals surface area contributed by atoms with Crippen molar-refractivity contribution in [2.75, 3.05) is 0 Å². The first-order chi connectivity index (χ1) is 7.75. The molecule has 0 saturated heterocycles. The Bertz CT molecular complexity index is 492. The van der Waals surface area contributed by atoms with Gasteiger partial charge in [-0.25, -0.2) is 4.98 Å². The molecule has 0 aliphatic heterocycles. The van der Waals surface area contributed by atoms with Crippen molar-refractivity contribution in [1.82, 2.24) is 20.2 Å². The summed E-state index contributed by atoms with van der Waals surface area (Å²) in [5, 5.41) is 9.05. The minimum Gasteiger partial charge on any atom is -0.259 e. The minimum atomic E-state index is 0.640. The van der Waals surface area contributed by atoms with Crippen molar-refractivity contribution in [3.05, 3.63) is 40.9 Å². The van der Waals surface area contributed by atoms with Gasteiger partial charge in [-0.3, -0.25) is 4.98 Å². The molecule has 0 aromatic carbocycles. The molecule has 2 rings (SSSR count). The number of pyridine rings is 1.